The second-order valence-corrected chi connectivity index (χ2v) is 7.80. The minimum absolute atomic E-state index is 0.0494. The number of thiophene rings is 2. The third-order valence-electron chi connectivity index (χ3n) is 4.09. The Morgan fingerprint density at radius 2 is 1.97 bits per heavy atom. The number of esters is 1. The molecule has 1 aromatic carbocycles. The Labute approximate surface area is 182 Å². The van der Waals surface area contributed by atoms with E-state index in [-0.39, 0.29) is 17.7 Å². The highest BCUT2D eigenvalue weighted by atomic mass is 32.1. The average molecular weight is 439 g/mol. The van der Waals surface area contributed by atoms with Crippen LogP contribution in [0.3, 0.4) is 0 Å². The van der Waals surface area contributed by atoms with Gasteiger partial charge < -0.3 is 14.8 Å². The molecule has 152 valence electrons. The van der Waals surface area contributed by atoms with Crippen molar-refractivity contribution in [2.75, 3.05) is 19.0 Å². The van der Waals surface area contributed by atoms with Crippen molar-refractivity contribution in [1.82, 2.24) is 0 Å². The maximum atomic E-state index is 12.7. The number of carbonyl (C=O) groups excluding carboxylic acids is 2. The van der Waals surface area contributed by atoms with Crippen molar-refractivity contribution >= 4 is 45.6 Å². The van der Waals surface area contributed by atoms with Crippen LogP contribution in [-0.2, 0) is 9.53 Å². The van der Waals surface area contributed by atoms with Crippen molar-refractivity contribution in [3.63, 3.8) is 0 Å². The summed E-state index contributed by atoms with van der Waals surface area (Å²) in [5.74, 6) is -0.433. The Hall–Kier alpha value is -3.41. The lowest BCUT2D eigenvalue weighted by molar-refractivity contribution is -0.112. The standard InChI is InChI=1S/C22H18N2O4S2/c1-3-28-22(26)19-18(14-6-8-16(27-2)9-7-14)13-30-21(19)24-20(25)15(12-23)11-17-5-4-10-29-17/h4-11,13H,3H2,1-2H3,(H,24,25). The third kappa shape index (κ3) is 4.76. The van der Waals surface area contributed by atoms with Gasteiger partial charge in [-0.05, 0) is 42.1 Å². The van der Waals surface area contributed by atoms with E-state index >= 15 is 0 Å². The van der Waals surface area contributed by atoms with Gasteiger partial charge in [-0.15, -0.1) is 22.7 Å². The number of nitrogens with zero attached hydrogens (tertiary/aromatic N) is 1. The van der Waals surface area contributed by atoms with Gasteiger partial charge in [-0.25, -0.2) is 4.79 Å². The molecule has 0 spiro atoms. The van der Waals surface area contributed by atoms with Crippen molar-refractivity contribution < 1.29 is 19.1 Å². The van der Waals surface area contributed by atoms with Gasteiger partial charge in [0.2, 0.25) is 0 Å². The molecule has 3 aromatic rings. The summed E-state index contributed by atoms with van der Waals surface area (Å²) in [5, 5.41) is 16.1. The molecular weight excluding hydrogens is 420 g/mol. The minimum Gasteiger partial charge on any atom is -0.497 e. The molecule has 0 bridgehead atoms. The van der Waals surface area contributed by atoms with E-state index in [4.69, 9.17) is 9.47 Å². The quantitative estimate of drug-likeness (QED) is 0.311. The summed E-state index contributed by atoms with van der Waals surface area (Å²) in [6.07, 6.45) is 1.52. The predicted octanol–water partition coefficient (Wildman–Crippen LogP) is 5.21. The molecular formula is C22H18N2O4S2. The number of nitrogens with one attached hydrogen (secondary N) is 1. The van der Waals surface area contributed by atoms with E-state index in [1.54, 1.807) is 31.5 Å². The number of carbonyl (C=O) groups is 2. The van der Waals surface area contributed by atoms with Gasteiger partial charge >= 0.3 is 5.97 Å². The van der Waals surface area contributed by atoms with Crippen molar-refractivity contribution in [2.45, 2.75) is 6.92 Å². The fraction of sp³-hybridized carbons (Fsp3) is 0.136. The first-order valence-corrected chi connectivity index (χ1v) is 10.7. The highest BCUT2D eigenvalue weighted by molar-refractivity contribution is 7.15. The van der Waals surface area contributed by atoms with Gasteiger partial charge in [0.25, 0.3) is 5.91 Å². The van der Waals surface area contributed by atoms with Gasteiger partial charge in [0, 0.05) is 15.8 Å². The number of hydrogen-bond acceptors (Lipinski definition) is 7. The molecule has 1 amide bonds. The molecule has 3 rings (SSSR count). The first-order chi connectivity index (χ1) is 14.6. The lowest BCUT2D eigenvalue weighted by Gasteiger charge is -2.09. The molecule has 0 saturated carbocycles. The molecule has 0 unspecified atom stereocenters. The van der Waals surface area contributed by atoms with E-state index in [9.17, 15) is 14.9 Å². The van der Waals surface area contributed by atoms with E-state index in [0.29, 0.717) is 16.3 Å². The second kappa shape index (κ2) is 9.87. The summed E-state index contributed by atoms with van der Waals surface area (Å²) in [5.41, 5.74) is 1.63. The summed E-state index contributed by atoms with van der Waals surface area (Å²) in [4.78, 5) is 26.1. The maximum absolute atomic E-state index is 12.7. The molecule has 8 heteroatoms. The molecule has 1 N–H and O–H groups in total. The summed E-state index contributed by atoms with van der Waals surface area (Å²) >= 11 is 2.62. The van der Waals surface area contributed by atoms with E-state index in [1.807, 2.05) is 35.7 Å². The Morgan fingerprint density at radius 1 is 1.20 bits per heavy atom. The summed E-state index contributed by atoms with van der Waals surface area (Å²) in [6, 6.07) is 12.8. The molecule has 0 saturated heterocycles. The van der Waals surface area contributed by atoms with E-state index < -0.39 is 11.9 Å². The molecule has 0 radical (unpaired) electrons. The Kier molecular flexibility index (Phi) is 7.01. The normalized spacial score (nSPS) is 10.9. The van der Waals surface area contributed by atoms with Crippen LogP contribution >= 0.6 is 22.7 Å². The van der Waals surface area contributed by atoms with Crippen molar-refractivity contribution in [3.05, 3.63) is 63.2 Å². The van der Waals surface area contributed by atoms with Crippen LogP contribution in [0.5, 0.6) is 5.75 Å². The first-order valence-electron chi connectivity index (χ1n) is 8.97. The zero-order chi connectivity index (χ0) is 21.5. The van der Waals surface area contributed by atoms with Crippen LogP contribution in [0.4, 0.5) is 5.00 Å². The molecule has 0 fully saturated rings. The predicted molar refractivity (Wildman–Crippen MR) is 119 cm³/mol. The smallest absolute Gasteiger partial charge is 0.341 e. The third-order valence-corrected chi connectivity index (χ3v) is 5.81. The summed E-state index contributed by atoms with van der Waals surface area (Å²) in [6.45, 7) is 1.92. The highest BCUT2D eigenvalue weighted by Crippen LogP contribution is 2.37. The molecule has 2 heterocycles. The number of methoxy groups -OCH3 is 1. The van der Waals surface area contributed by atoms with Crippen LogP contribution in [0, 0.1) is 11.3 Å². The largest absolute Gasteiger partial charge is 0.497 e. The Morgan fingerprint density at radius 3 is 2.57 bits per heavy atom. The van der Waals surface area contributed by atoms with Gasteiger partial charge in [0.05, 0.1) is 13.7 Å². The fourth-order valence-corrected chi connectivity index (χ4v) is 4.28. The lowest BCUT2D eigenvalue weighted by atomic mass is 10.0. The van der Waals surface area contributed by atoms with Crippen LogP contribution in [0.15, 0.2) is 52.7 Å². The van der Waals surface area contributed by atoms with Gasteiger partial charge in [-0.1, -0.05) is 18.2 Å². The topological polar surface area (TPSA) is 88.4 Å². The fourth-order valence-electron chi connectivity index (χ4n) is 2.67. The molecule has 2 aromatic heterocycles. The monoisotopic (exact) mass is 438 g/mol. The van der Waals surface area contributed by atoms with Crippen LogP contribution in [0.2, 0.25) is 0 Å². The van der Waals surface area contributed by atoms with Crippen molar-refractivity contribution in [1.29, 1.82) is 5.26 Å². The van der Waals surface area contributed by atoms with Crippen LogP contribution in [0.1, 0.15) is 22.2 Å². The summed E-state index contributed by atoms with van der Waals surface area (Å²) in [7, 11) is 1.58. The molecule has 0 aliphatic heterocycles. The lowest BCUT2D eigenvalue weighted by Crippen LogP contribution is -2.16. The van der Waals surface area contributed by atoms with Gasteiger partial charge in [-0.3, -0.25) is 4.79 Å². The molecule has 30 heavy (non-hydrogen) atoms. The maximum Gasteiger partial charge on any atom is 0.341 e. The molecule has 0 aliphatic carbocycles. The van der Waals surface area contributed by atoms with Crippen LogP contribution < -0.4 is 10.1 Å². The minimum atomic E-state index is -0.584. The van der Waals surface area contributed by atoms with Gasteiger partial charge in [-0.2, -0.15) is 5.26 Å². The average Bonchev–Trinajstić information content (AvgIpc) is 3.42. The van der Waals surface area contributed by atoms with Gasteiger partial charge in [0.1, 0.15) is 28.0 Å². The number of anilines is 1. The number of rotatable bonds is 7. The van der Waals surface area contributed by atoms with E-state index in [0.717, 1.165) is 10.4 Å². The zero-order valence-corrected chi connectivity index (χ0v) is 17.9. The highest BCUT2D eigenvalue weighted by Gasteiger charge is 2.23. The summed E-state index contributed by atoms with van der Waals surface area (Å²) < 4.78 is 10.4. The Bertz CT molecular complexity index is 1110. The Balaban J connectivity index is 1.96. The molecule has 0 atom stereocenters. The van der Waals surface area contributed by atoms with Crippen LogP contribution in [-0.4, -0.2) is 25.6 Å². The van der Waals surface area contributed by atoms with Gasteiger partial charge in [0.15, 0.2) is 0 Å². The van der Waals surface area contributed by atoms with E-state index in [1.165, 1.54) is 28.7 Å². The molecule has 6 nitrogen and oxygen atoms in total. The van der Waals surface area contributed by atoms with Crippen molar-refractivity contribution in [3.8, 4) is 22.9 Å². The van der Waals surface area contributed by atoms with E-state index in [2.05, 4.69) is 5.32 Å². The second-order valence-electron chi connectivity index (χ2n) is 5.94. The SMILES string of the molecule is CCOC(=O)c1c(-c2ccc(OC)cc2)csc1NC(=O)C(C#N)=Cc1cccs1. The van der Waals surface area contributed by atoms with Crippen LogP contribution in [0.25, 0.3) is 17.2 Å². The number of benzene rings is 1. The number of nitriles is 1. The zero-order valence-electron chi connectivity index (χ0n) is 16.3. The van der Waals surface area contributed by atoms with Crippen molar-refractivity contribution in [2.24, 2.45) is 0 Å². The first kappa shape index (κ1) is 21.3. The number of amides is 1. The number of ether oxygens (including phenoxy) is 2. The number of hydrogen-bond donors (Lipinski definition) is 1. The molecule has 0 aliphatic rings.